The number of nitrogens with zero attached hydrogens (tertiary/aromatic N) is 2. The highest BCUT2D eigenvalue weighted by atomic mass is 32.1. The first-order valence-electron chi connectivity index (χ1n) is 8.02. The summed E-state index contributed by atoms with van der Waals surface area (Å²) in [6.45, 7) is 3.52. The zero-order valence-electron chi connectivity index (χ0n) is 14.7. The molecule has 0 atom stereocenters. The molecule has 0 aliphatic heterocycles. The fraction of sp³-hybridized carbons (Fsp3) is 0.389. The van der Waals surface area contributed by atoms with E-state index in [0.29, 0.717) is 19.6 Å². The fourth-order valence-electron chi connectivity index (χ4n) is 2.29. The van der Waals surface area contributed by atoms with Gasteiger partial charge in [-0.2, -0.15) is 0 Å². The van der Waals surface area contributed by atoms with Crippen LogP contribution in [0.5, 0.6) is 0 Å². The van der Waals surface area contributed by atoms with Crippen molar-refractivity contribution >= 4 is 17.4 Å². The van der Waals surface area contributed by atoms with Crippen molar-refractivity contribution in [3.63, 3.8) is 0 Å². The van der Waals surface area contributed by atoms with Crippen LogP contribution in [0.25, 0.3) is 0 Å². The second-order valence-electron chi connectivity index (χ2n) is 6.11. The lowest BCUT2D eigenvalue weighted by molar-refractivity contribution is 0.188. The van der Waals surface area contributed by atoms with E-state index < -0.39 is 11.6 Å². The maximum Gasteiger partial charge on any atom is 0.318 e. The van der Waals surface area contributed by atoms with Gasteiger partial charge in [-0.15, -0.1) is 11.3 Å². The summed E-state index contributed by atoms with van der Waals surface area (Å²) < 4.78 is 27.4. The van der Waals surface area contributed by atoms with Gasteiger partial charge < -0.3 is 15.1 Å². The van der Waals surface area contributed by atoms with Crippen LogP contribution >= 0.6 is 11.3 Å². The van der Waals surface area contributed by atoms with E-state index in [9.17, 15) is 13.6 Å². The van der Waals surface area contributed by atoms with E-state index in [1.807, 2.05) is 37.4 Å². The predicted molar refractivity (Wildman–Crippen MR) is 96.6 cm³/mol. The zero-order valence-corrected chi connectivity index (χ0v) is 15.5. The minimum Gasteiger partial charge on any atom is -0.334 e. The molecular formula is C18H23F2N3OS. The van der Waals surface area contributed by atoms with E-state index >= 15 is 0 Å². The standard InChI is InChI=1S/C18H23F2N3OS/c1-13-7-10-25-17(13)12-23(9-8-22(2)3)18(24)21-11-14-15(19)5-4-6-16(14)20/h4-7,10H,8-9,11-12H2,1-3H3,(H,21,24). The number of halogens is 2. The lowest BCUT2D eigenvalue weighted by atomic mass is 10.2. The maximum atomic E-state index is 13.7. The number of likely N-dealkylation sites (N-methyl/N-ethyl adjacent to an activating group) is 1. The lowest BCUT2D eigenvalue weighted by Gasteiger charge is -2.24. The molecule has 0 aliphatic carbocycles. The number of aryl methyl sites for hydroxylation is 1. The molecule has 7 heteroatoms. The van der Waals surface area contributed by atoms with Gasteiger partial charge in [0.05, 0.1) is 13.1 Å². The number of benzene rings is 1. The van der Waals surface area contributed by atoms with E-state index in [4.69, 9.17) is 0 Å². The predicted octanol–water partition coefficient (Wildman–Crippen LogP) is 3.61. The molecule has 0 saturated heterocycles. The van der Waals surface area contributed by atoms with Gasteiger partial charge in [0.2, 0.25) is 0 Å². The van der Waals surface area contributed by atoms with E-state index in [-0.39, 0.29) is 18.1 Å². The Kier molecular flexibility index (Phi) is 6.90. The van der Waals surface area contributed by atoms with Crippen molar-refractivity contribution in [2.45, 2.75) is 20.0 Å². The molecule has 25 heavy (non-hydrogen) atoms. The highest BCUT2D eigenvalue weighted by Crippen LogP contribution is 2.18. The number of urea groups is 1. The van der Waals surface area contributed by atoms with Gasteiger partial charge in [-0.05, 0) is 50.2 Å². The molecule has 2 rings (SSSR count). The molecule has 4 nitrogen and oxygen atoms in total. The van der Waals surface area contributed by atoms with Crippen LogP contribution in [0.15, 0.2) is 29.6 Å². The molecule has 0 fully saturated rings. The summed E-state index contributed by atoms with van der Waals surface area (Å²) in [5.41, 5.74) is 1.00. The van der Waals surface area contributed by atoms with Gasteiger partial charge in [0.1, 0.15) is 11.6 Å². The highest BCUT2D eigenvalue weighted by molar-refractivity contribution is 7.10. The summed E-state index contributed by atoms with van der Waals surface area (Å²) in [5, 5.41) is 4.62. The Morgan fingerprint density at radius 1 is 1.16 bits per heavy atom. The van der Waals surface area contributed by atoms with Gasteiger partial charge in [0.15, 0.2) is 0 Å². The molecule has 0 radical (unpaired) electrons. The van der Waals surface area contributed by atoms with E-state index in [1.165, 1.54) is 18.2 Å². The van der Waals surface area contributed by atoms with Crippen molar-refractivity contribution in [2.24, 2.45) is 0 Å². The van der Waals surface area contributed by atoms with Crippen molar-refractivity contribution in [3.05, 3.63) is 57.3 Å². The number of hydrogen-bond acceptors (Lipinski definition) is 3. The Morgan fingerprint density at radius 3 is 2.40 bits per heavy atom. The summed E-state index contributed by atoms with van der Waals surface area (Å²) in [4.78, 5) is 17.3. The lowest BCUT2D eigenvalue weighted by Crippen LogP contribution is -2.42. The molecule has 1 heterocycles. The number of amides is 2. The van der Waals surface area contributed by atoms with Crippen molar-refractivity contribution in [2.75, 3.05) is 27.2 Å². The van der Waals surface area contributed by atoms with Crippen LogP contribution in [-0.4, -0.2) is 43.0 Å². The first kappa shape index (κ1) is 19.3. The SMILES string of the molecule is Cc1ccsc1CN(CCN(C)C)C(=O)NCc1c(F)cccc1F. The largest absolute Gasteiger partial charge is 0.334 e. The summed E-state index contributed by atoms with van der Waals surface area (Å²) in [6, 6.07) is 5.35. The minimum absolute atomic E-state index is 0.129. The average Bonchev–Trinajstić information content (AvgIpc) is 2.95. The second-order valence-corrected chi connectivity index (χ2v) is 7.11. The Bertz CT molecular complexity index is 698. The van der Waals surface area contributed by atoms with Crippen LogP contribution in [0.2, 0.25) is 0 Å². The Hall–Kier alpha value is -1.99. The molecule has 0 spiro atoms. The molecule has 0 unspecified atom stereocenters. The first-order chi connectivity index (χ1) is 11.9. The smallest absolute Gasteiger partial charge is 0.318 e. The Labute approximate surface area is 151 Å². The normalized spacial score (nSPS) is 11.0. The number of carbonyl (C=O) groups is 1. The van der Waals surface area contributed by atoms with Gasteiger partial charge in [0.25, 0.3) is 0 Å². The van der Waals surface area contributed by atoms with Crippen molar-refractivity contribution in [1.29, 1.82) is 0 Å². The molecular weight excluding hydrogens is 344 g/mol. The topological polar surface area (TPSA) is 35.6 Å². The first-order valence-corrected chi connectivity index (χ1v) is 8.89. The minimum atomic E-state index is -0.658. The third-order valence-corrected chi connectivity index (χ3v) is 4.89. The van der Waals surface area contributed by atoms with Crippen LogP contribution < -0.4 is 5.32 Å². The molecule has 0 aliphatic rings. The molecule has 136 valence electrons. The average molecular weight is 367 g/mol. The maximum absolute atomic E-state index is 13.7. The number of nitrogens with one attached hydrogen (secondary N) is 1. The van der Waals surface area contributed by atoms with Crippen LogP contribution in [-0.2, 0) is 13.1 Å². The van der Waals surface area contributed by atoms with Crippen molar-refractivity contribution in [1.82, 2.24) is 15.1 Å². The van der Waals surface area contributed by atoms with Crippen LogP contribution in [0.3, 0.4) is 0 Å². The second kappa shape index (κ2) is 8.92. The number of carbonyl (C=O) groups excluding carboxylic acids is 1. The molecule has 0 saturated carbocycles. The summed E-state index contributed by atoms with van der Waals surface area (Å²) in [5.74, 6) is -1.32. The molecule has 2 aromatic rings. The summed E-state index contributed by atoms with van der Waals surface area (Å²) in [6.07, 6.45) is 0. The van der Waals surface area contributed by atoms with Gasteiger partial charge in [0, 0.05) is 23.5 Å². The van der Waals surface area contributed by atoms with Crippen molar-refractivity contribution < 1.29 is 13.6 Å². The third kappa shape index (κ3) is 5.51. The molecule has 0 bridgehead atoms. The van der Waals surface area contributed by atoms with E-state index in [1.54, 1.807) is 16.2 Å². The van der Waals surface area contributed by atoms with Crippen molar-refractivity contribution in [3.8, 4) is 0 Å². The monoisotopic (exact) mass is 367 g/mol. The summed E-state index contributed by atoms with van der Waals surface area (Å²) >= 11 is 1.59. The van der Waals surface area contributed by atoms with E-state index in [2.05, 4.69) is 5.32 Å². The van der Waals surface area contributed by atoms with Gasteiger partial charge in [-0.25, -0.2) is 13.6 Å². The Balaban J connectivity index is 2.05. The number of thiophene rings is 1. The number of hydrogen-bond donors (Lipinski definition) is 1. The van der Waals surface area contributed by atoms with Gasteiger partial charge in [-0.3, -0.25) is 0 Å². The van der Waals surface area contributed by atoms with Crippen LogP contribution in [0.4, 0.5) is 13.6 Å². The molecule has 2 amide bonds. The van der Waals surface area contributed by atoms with Crippen LogP contribution in [0.1, 0.15) is 16.0 Å². The molecule has 1 aromatic heterocycles. The Morgan fingerprint density at radius 2 is 1.84 bits per heavy atom. The van der Waals surface area contributed by atoms with Crippen LogP contribution in [0, 0.1) is 18.6 Å². The highest BCUT2D eigenvalue weighted by Gasteiger charge is 2.17. The zero-order chi connectivity index (χ0) is 18.4. The van der Waals surface area contributed by atoms with Gasteiger partial charge >= 0.3 is 6.03 Å². The van der Waals surface area contributed by atoms with Gasteiger partial charge in [-0.1, -0.05) is 6.07 Å². The summed E-state index contributed by atoms with van der Waals surface area (Å²) in [7, 11) is 3.86. The fourth-order valence-corrected chi connectivity index (χ4v) is 3.21. The quantitative estimate of drug-likeness (QED) is 0.811. The van der Waals surface area contributed by atoms with E-state index in [0.717, 1.165) is 10.4 Å². The molecule has 1 N–H and O–H groups in total. The number of rotatable bonds is 7. The molecule has 1 aromatic carbocycles. The third-order valence-electron chi connectivity index (χ3n) is 3.89.